The predicted molar refractivity (Wildman–Crippen MR) is 223 cm³/mol. The molecule has 55 heavy (non-hydrogen) atoms. The number of benzene rings is 6. The van der Waals surface area contributed by atoms with E-state index in [1.165, 1.54) is 0 Å². The average molecular weight is 705 g/mol. The van der Waals surface area contributed by atoms with Gasteiger partial charge in [-0.25, -0.2) is 24.9 Å². The lowest BCUT2D eigenvalue weighted by Crippen LogP contribution is -2.00. The van der Waals surface area contributed by atoms with Crippen molar-refractivity contribution in [1.82, 2.24) is 29.9 Å². The topological polar surface area (TPSA) is 77.3 Å². The van der Waals surface area contributed by atoms with E-state index < -0.39 is 0 Å². The summed E-state index contributed by atoms with van der Waals surface area (Å²) < 4.78 is 0. The summed E-state index contributed by atoms with van der Waals surface area (Å²) in [6.45, 7) is 2.14. The zero-order valence-corrected chi connectivity index (χ0v) is 29.9. The molecule has 0 N–H and O–H groups in total. The average Bonchev–Trinajstić information content (AvgIpc) is 3.26. The first-order chi connectivity index (χ1) is 27.1. The highest BCUT2D eigenvalue weighted by Crippen LogP contribution is 2.34. The van der Waals surface area contributed by atoms with Crippen molar-refractivity contribution in [1.29, 1.82) is 0 Å². The molecule has 6 heteroatoms. The Morgan fingerprint density at radius 1 is 0.345 bits per heavy atom. The van der Waals surface area contributed by atoms with Crippen LogP contribution in [0.3, 0.4) is 0 Å². The van der Waals surface area contributed by atoms with E-state index in [9.17, 15) is 0 Å². The molecule has 6 nitrogen and oxygen atoms in total. The molecule has 0 aliphatic heterocycles. The van der Waals surface area contributed by atoms with Gasteiger partial charge < -0.3 is 0 Å². The van der Waals surface area contributed by atoms with Crippen LogP contribution in [0.25, 0.3) is 101 Å². The number of pyridine rings is 3. The summed E-state index contributed by atoms with van der Waals surface area (Å²) in [5, 5.41) is 3.23. The van der Waals surface area contributed by atoms with E-state index in [4.69, 9.17) is 29.9 Å². The van der Waals surface area contributed by atoms with E-state index in [-0.39, 0.29) is 0 Å². The third-order valence-electron chi connectivity index (χ3n) is 10.1. The summed E-state index contributed by atoms with van der Waals surface area (Å²) in [7, 11) is 0. The molecule has 0 fully saturated rings. The van der Waals surface area contributed by atoms with Crippen molar-refractivity contribution in [3.63, 3.8) is 0 Å². The van der Waals surface area contributed by atoms with Gasteiger partial charge in [0.1, 0.15) is 0 Å². The predicted octanol–water partition coefficient (Wildman–Crippen LogP) is 11.8. The molecule has 0 spiro atoms. The van der Waals surface area contributed by atoms with Crippen LogP contribution in [-0.4, -0.2) is 29.9 Å². The molecule has 0 radical (unpaired) electrons. The van der Waals surface area contributed by atoms with Crippen LogP contribution in [0.2, 0.25) is 0 Å². The van der Waals surface area contributed by atoms with Gasteiger partial charge >= 0.3 is 0 Å². The molecule has 0 aliphatic carbocycles. The van der Waals surface area contributed by atoms with E-state index >= 15 is 0 Å². The Kier molecular flexibility index (Phi) is 7.92. The highest BCUT2D eigenvalue weighted by atomic mass is 15.0. The van der Waals surface area contributed by atoms with Crippen molar-refractivity contribution in [2.75, 3.05) is 0 Å². The molecule has 258 valence electrons. The molecular weight excluding hydrogens is 673 g/mol. The Hall–Kier alpha value is -7.44. The molecule has 0 aliphatic rings. The Morgan fingerprint density at radius 3 is 1.67 bits per heavy atom. The van der Waals surface area contributed by atoms with E-state index in [0.717, 1.165) is 88.6 Å². The summed E-state index contributed by atoms with van der Waals surface area (Å²) in [6.07, 6.45) is 1.84. The van der Waals surface area contributed by atoms with Gasteiger partial charge in [-0.3, -0.25) is 4.98 Å². The minimum Gasteiger partial charge on any atom is -0.256 e. The van der Waals surface area contributed by atoms with Crippen molar-refractivity contribution in [3.8, 4) is 67.8 Å². The molecule has 6 aromatic carbocycles. The molecule has 0 bridgehead atoms. The summed E-state index contributed by atoms with van der Waals surface area (Å²) in [5.74, 6) is 1.78. The second-order valence-electron chi connectivity index (χ2n) is 13.6. The van der Waals surface area contributed by atoms with Gasteiger partial charge in [0.2, 0.25) is 0 Å². The lowest BCUT2D eigenvalue weighted by molar-refractivity contribution is 1.07. The Morgan fingerprint density at radius 2 is 0.909 bits per heavy atom. The van der Waals surface area contributed by atoms with Crippen molar-refractivity contribution in [2.24, 2.45) is 0 Å². The van der Waals surface area contributed by atoms with Crippen LogP contribution < -0.4 is 0 Å². The maximum atomic E-state index is 5.27. The van der Waals surface area contributed by atoms with E-state index in [0.29, 0.717) is 17.5 Å². The second kappa shape index (κ2) is 13.5. The van der Waals surface area contributed by atoms with Crippen molar-refractivity contribution < 1.29 is 0 Å². The minimum absolute atomic E-state index is 0.583. The molecule has 0 amide bonds. The van der Waals surface area contributed by atoms with Crippen molar-refractivity contribution in [2.45, 2.75) is 6.92 Å². The summed E-state index contributed by atoms with van der Waals surface area (Å²) in [5.41, 5.74) is 12.5. The van der Waals surface area contributed by atoms with Gasteiger partial charge in [-0.05, 0) is 48.4 Å². The van der Waals surface area contributed by atoms with Gasteiger partial charge in [0.05, 0.1) is 27.9 Å². The number of fused-ring (bicyclic) bond motifs is 4. The van der Waals surface area contributed by atoms with E-state index in [2.05, 4.69) is 104 Å². The smallest absolute Gasteiger partial charge is 0.164 e. The molecule has 10 rings (SSSR count). The van der Waals surface area contributed by atoms with E-state index in [1.807, 2.05) is 79.0 Å². The number of hydrogen-bond donors (Lipinski definition) is 0. The molecule has 0 saturated carbocycles. The lowest BCUT2D eigenvalue weighted by atomic mass is 10.00. The van der Waals surface area contributed by atoms with E-state index in [1.54, 1.807) is 0 Å². The number of aromatic nitrogens is 6. The number of aryl methyl sites for hydroxylation is 1. The standard InChI is InChI=1S/C49H32N6/c1-31-28-43(52-46-40(31)25-23-34-24-26-42(51-45(34)46)32-12-4-2-5-13-32)37-18-9-20-39(30-37)49-54-47(35-14-6-3-7-15-35)53-48(55-49)38-19-8-17-36(29-38)41-22-10-16-33-21-11-27-50-44(33)41/h2-30H,1H3. The summed E-state index contributed by atoms with van der Waals surface area (Å²) >= 11 is 0. The van der Waals surface area contributed by atoms with Gasteiger partial charge in [0.25, 0.3) is 0 Å². The second-order valence-corrected chi connectivity index (χ2v) is 13.6. The van der Waals surface area contributed by atoms with Gasteiger partial charge in [0, 0.05) is 55.7 Å². The van der Waals surface area contributed by atoms with Crippen molar-refractivity contribution in [3.05, 3.63) is 182 Å². The molecule has 0 saturated heterocycles. The Labute approximate surface area is 318 Å². The van der Waals surface area contributed by atoms with Crippen LogP contribution in [0.5, 0.6) is 0 Å². The van der Waals surface area contributed by atoms with Crippen LogP contribution in [0.1, 0.15) is 5.56 Å². The molecule has 4 heterocycles. The first-order valence-electron chi connectivity index (χ1n) is 18.3. The van der Waals surface area contributed by atoms with Crippen LogP contribution in [0.4, 0.5) is 0 Å². The van der Waals surface area contributed by atoms with Crippen LogP contribution in [-0.2, 0) is 0 Å². The number of nitrogens with zero attached hydrogens (tertiary/aromatic N) is 6. The van der Waals surface area contributed by atoms with Gasteiger partial charge in [-0.2, -0.15) is 0 Å². The number of hydrogen-bond acceptors (Lipinski definition) is 6. The molecule has 4 aromatic heterocycles. The van der Waals surface area contributed by atoms with Crippen LogP contribution in [0, 0.1) is 6.92 Å². The molecular formula is C49H32N6. The normalized spacial score (nSPS) is 11.4. The highest BCUT2D eigenvalue weighted by Gasteiger charge is 2.16. The lowest BCUT2D eigenvalue weighted by Gasteiger charge is -2.12. The maximum Gasteiger partial charge on any atom is 0.164 e. The van der Waals surface area contributed by atoms with Crippen molar-refractivity contribution >= 4 is 32.7 Å². The van der Waals surface area contributed by atoms with Crippen LogP contribution in [0.15, 0.2) is 176 Å². The third-order valence-corrected chi connectivity index (χ3v) is 10.1. The summed E-state index contributed by atoms with van der Waals surface area (Å²) in [4.78, 5) is 30.3. The third kappa shape index (κ3) is 6.06. The minimum atomic E-state index is 0.583. The first kappa shape index (κ1) is 32.2. The number of para-hydroxylation sites is 1. The van der Waals surface area contributed by atoms with Crippen LogP contribution >= 0.6 is 0 Å². The monoisotopic (exact) mass is 704 g/mol. The van der Waals surface area contributed by atoms with Gasteiger partial charge in [-0.15, -0.1) is 0 Å². The maximum absolute atomic E-state index is 5.27. The fraction of sp³-hybridized carbons (Fsp3) is 0.0204. The quantitative estimate of drug-likeness (QED) is 0.160. The SMILES string of the molecule is Cc1cc(-c2cccc(-c3nc(-c4ccccc4)nc(-c4cccc(-c5cccc6cccnc56)c4)n3)c2)nc2c1ccc1ccc(-c3ccccc3)nc12. The Balaban J connectivity index is 1.10. The molecule has 0 atom stereocenters. The summed E-state index contributed by atoms with van der Waals surface area (Å²) in [6, 6.07) is 57.9. The molecule has 0 unspecified atom stereocenters. The Bertz CT molecular complexity index is 3050. The first-order valence-corrected chi connectivity index (χ1v) is 18.3. The number of rotatable bonds is 6. The fourth-order valence-corrected chi connectivity index (χ4v) is 7.29. The fourth-order valence-electron chi connectivity index (χ4n) is 7.29. The van der Waals surface area contributed by atoms with Gasteiger partial charge in [-0.1, -0.05) is 140 Å². The van der Waals surface area contributed by atoms with Gasteiger partial charge in [0.15, 0.2) is 17.5 Å². The zero-order valence-electron chi connectivity index (χ0n) is 29.9. The highest BCUT2D eigenvalue weighted by molar-refractivity contribution is 6.05. The molecule has 10 aromatic rings. The largest absolute Gasteiger partial charge is 0.256 e. The zero-order chi connectivity index (χ0) is 36.7.